The van der Waals surface area contributed by atoms with Crippen LogP contribution < -0.4 is 0 Å². The van der Waals surface area contributed by atoms with Gasteiger partial charge in [-0.1, -0.05) is 19.8 Å². The Bertz CT molecular complexity index is 414. The number of carbonyl (C=O) groups is 2. The molecule has 94 valence electrons. The molecule has 3 aliphatic rings. The first-order chi connectivity index (χ1) is 7.83. The Morgan fingerprint density at radius 2 is 1.88 bits per heavy atom. The summed E-state index contributed by atoms with van der Waals surface area (Å²) in [7, 11) is 0. The molecule has 4 nitrogen and oxygen atoms in total. The zero-order chi connectivity index (χ0) is 12.5. The first kappa shape index (κ1) is 11.2. The van der Waals surface area contributed by atoms with Crippen molar-refractivity contribution in [3.63, 3.8) is 0 Å². The largest absolute Gasteiger partial charge is 0.431 e. The Morgan fingerprint density at radius 1 is 1.18 bits per heavy atom. The normalized spacial score (nSPS) is 47.6. The summed E-state index contributed by atoms with van der Waals surface area (Å²) in [6.07, 6.45) is 3.88. The molecule has 3 fully saturated rings. The average Bonchev–Trinajstić information content (AvgIpc) is 2.50. The Balaban J connectivity index is 2.03. The van der Waals surface area contributed by atoms with Crippen LogP contribution in [0, 0.1) is 11.3 Å². The second-order valence-electron chi connectivity index (χ2n) is 6.15. The zero-order valence-corrected chi connectivity index (χ0v) is 10.5. The number of cyclic esters (lactones) is 1. The number of carbonyl (C=O) groups excluding carboxylic acids is 2. The third kappa shape index (κ3) is 1.07. The summed E-state index contributed by atoms with van der Waals surface area (Å²) in [4.78, 5) is 24.4. The second-order valence-corrected chi connectivity index (χ2v) is 6.15. The van der Waals surface area contributed by atoms with Crippen LogP contribution in [0.4, 0.5) is 0 Å². The quantitative estimate of drug-likeness (QED) is 0.477. The van der Waals surface area contributed by atoms with Gasteiger partial charge >= 0.3 is 5.97 Å². The van der Waals surface area contributed by atoms with Crippen molar-refractivity contribution in [3.05, 3.63) is 0 Å². The van der Waals surface area contributed by atoms with Gasteiger partial charge in [0.25, 0.3) is 0 Å². The topological polar surface area (TPSA) is 52.6 Å². The van der Waals surface area contributed by atoms with E-state index in [0.717, 1.165) is 25.7 Å². The van der Waals surface area contributed by atoms with E-state index >= 15 is 0 Å². The number of ether oxygens (including phenoxy) is 2. The SMILES string of the molecule is CC1(C)OC(=O)[C@]2(O1)C(=O)[C@@H]1CCCC[C@@]12C. The maximum Gasteiger partial charge on any atom is 0.349 e. The van der Waals surface area contributed by atoms with Crippen molar-refractivity contribution in [2.45, 2.75) is 57.8 Å². The van der Waals surface area contributed by atoms with Crippen LogP contribution in [0.15, 0.2) is 0 Å². The van der Waals surface area contributed by atoms with Crippen LogP contribution in [0.3, 0.4) is 0 Å². The first-order valence-electron chi connectivity index (χ1n) is 6.31. The molecule has 1 saturated heterocycles. The molecule has 3 rings (SSSR count). The Kier molecular flexibility index (Phi) is 1.92. The molecule has 0 aromatic rings. The molecule has 2 saturated carbocycles. The van der Waals surface area contributed by atoms with E-state index in [4.69, 9.17) is 9.47 Å². The van der Waals surface area contributed by atoms with Crippen molar-refractivity contribution in [2.24, 2.45) is 11.3 Å². The van der Waals surface area contributed by atoms with E-state index < -0.39 is 17.4 Å². The number of hydrogen-bond acceptors (Lipinski definition) is 4. The van der Waals surface area contributed by atoms with Crippen LogP contribution in [-0.2, 0) is 19.1 Å². The minimum Gasteiger partial charge on any atom is -0.431 e. The minimum atomic E-state index is -1.30. The van der Waals surface area contributed by atoms with E-state index in [9.17, 15) is 9.59 Å². The van der Waals surface area contributed by atoms with Crippen molar-refractivity contribution in [3.8, 4) is 0 Å². The highest BCUT2D eigenvalue weighted by molar-refractivity contribution is 6.16. The molecule has 1 heterocycles. The Morgan fingerprint density at radius 3 is 2.47 bits per heavy atom. The number of fused-ring (bicyclic) bond motifs is 2. The summed E-state index contributed by atoms with van der Waals surface area (Å²) in [5.41, 5.74) is -1.66. The van der Waals surface area contributed by atoms with Crippen LogP contribution >= 0.6 is 0 Å². The van der Waals surface area contributed by atoms with Gasteiger partial charge in [-0.15, -0.1) is 0 Å². The predicted molar refractivity (Wildman–Crippen MR) is 59.1 cm³/mol. The minimum absolute atomic E-state index is 0.0160. The molecule has 0 bridgehead atoms. The van der Waals surface area contributed by atoms with E-state index in [-0.39, 0.29) is 17.1 Å². The van der Waals surface area contributed by atoms with E-state index in [1.165, 1.54) is 0 Å². The van der Waals surface area contributed by atoms with Crippen molar-refractivity contribution in [2.75, 3.05) is 0 Å². The summed E-state index contributed by atoms with van der Waals surface area (Å²) in [5, 5.41) is 0. The number of rotatable bonds is 0. The van der Waals surface area contributed by atoms with E-state index in [2.05, 4.69) is 0 Å². The lowest BCUT2D eigenvalue weighted by atomic mass is 9.45. The molecule has 0 radical (unpaired) electrons. The predicted octanol–water partition coefficient (Wildman–Crippen LogP) is 1.81. The lowest BCUT2D eigenvalue weighted by Crippen LogP contribution is -2.74. The molecule has 3 atom stereocenters. The Labute approximate surface area is 101 Å². The van der Waals surface area contributed by atoms with E-state index in [0.29, 0.717) is 0 Å². The van der Waals surface area contributed by atoms with Gasteiger partial charge in [-0.2, -0.15) is 0 Å². The van der Waals surface area contributed by atoms with Crippen LogP contribution in [0.25, 0.3) is 0 Å². The molecule has 17 heavy (non-hydrogen) atoms. The summed E-state index contributed by atoms with van der Waals surface area (Å²) in [5.74, 6) is -1.53. The fraction of sp³-hybridized carbons (Fsp3) is 0.846. The van der Waals surface area contributed by atoms with Crippen molar-refractivity contribution in [1.82, 2.24) is 0 Å². The van der Waals surface area contributed by atoms with Crippen LogP contribution in [0.2, 0.25) is 0 Å². The number of esters is 1. The monoisotopic (exact) mass is 238 g/mol. The van der Waals surface area contributed by atoms with Gasteiger partial charge in [-0.25, -0.2) is 4.79 Å². The molecule has 1 aliphatic heterocycles. The molecular weight excluding hydrogens is 220 g/mol. The molecule has 4 heteroatoms. The number of Topliss-reactive ketones (excluding diaryl/α,β-unsaturated/α-hetero) is 1. The molecule has 0 aromatic carbocycles. The molecule has 2 aliphatic carbocycles. The molecule has 0 unspecified atom stereocenters. The maximum atomic E-state index is 12.3. The van der Waals surface area contributed by atoms with E-state index in [1.807, 2.05) is 6.92 Å². The fourth-order valence-corrected chi connectivity index (χ4v) is 3.85. The van der Waals surface area contributed by atoms with Crippen LogP contribution in [0.5, 0.6) is 0 Å². The molecule has 0 N–H and O–H groups in total. The maximum absolute atomic E-state index is 12.3. The third-order valence-electron chi connectivity index (χ3n) is 4.70. The van der Waals surface area contributed by atoms with Crippen molar-refractivity contribution >= 4 is 11.8 Å². The summed E-state index contributed by atoms with van der Waals surface area (Å²) >= 11 is 0. The van der Waals surface area contributed by atoms with Gasteiger partial charge in [0.15, 0.2) is 5.78 Å². The molecule has 0 amide bonds. The lowest BCUT2D eigenvalue weighted by molar-refractivity contribution is -0.238. The zero-order valence-electron chi connectivity index (χ0n) is 10.5. The smallest absolute Gasteiger partial charge is 0.349 e. The van der Waals surface area contributed by atoms with Gasteiger partial charge in [0.05, 0.1) is 0 Å². The van der Waals surface area contributed by atoms with Gasteiger partial charge in [-0.05, 0) is 12.8 Å². The highest BCUT2D eigenvalue weighted by Crippen LogP contribution is 2.64. The average molecular weight is 238 g/mol. The highest BCUT2D eigenvalue weighted by Gasteiger charge is 2.79. The van der Waals surface area contributed by atoms with Crippen molar-refractivity contribution < 1.29 is 19.1 Å². The number of hydrogen-bond donors (Lipinski definition) is 0. The van der Waals surface area contributed by atoms with Crippen LogP contribution in [0.1, 0.15) is 46.5 Å². The van der Waals surface area contributed by atoms with Gasteiger partial charge in [0.1, 0.15) is 0 Å². The van der Waals surface area contributed by atoms with Crippen LogP contribution in [-0.4, -0.2) is 23.1 Å². The molecular formula is C13H18O4. The second kappa shape index (κ2) is 2.91. The van der Waals surface area contributed by atoms with Gasteiger partial charge < -0.3 is 9.47 Å². The first-order valence-corrected chi connectivity index (χ1v) is 6.31. The fourth-order valence-electron chi connectivity index (χ4n) is 3.85. The summed E-state index contributed by atoms with van der Waals surface area (Å²) < 4.78 is 11.0. The van der Waals surface area contributed by atoms with Crippen molar-refractivity contribution in [1.29, 1.82) is 0 Å². The summed E-state index contributed by atoms with van der Waals surface area (Å²) in [6, 6.07) is 0. The molecule has 0 aromatic heterocycles. The van der Waals surface area contributed by atoms with Gasteiger partial charge in [0, 0.05) is 25.2 Å². The van der Waals surface area contributed by atoms with Gasteiger partial charge in [0.2, 0.25) is 11.4 Å². The summed E-state index contributed by atoms with van der Waals surface area (Å²) in [6.45, 7) is 5.37. The van der Waals surface area contributed by atoms with Gasteiger partial charge in [-0.3, -0.25) is 4.79 Å². The standard InChI is InChI=1S/C13H18O4/c1-11(2)16-10(15)13(17-11)9(14)8-6-4-5-7-12(8,13)3/h8H,4-7H2,1-3H3/t8-,12-,13+/m0/s1. The van der Waals surface area contributed by atoms with E-state index in [1.54, 1.807) is 13.8 Å². The third-order valence-corrected chi connectivity index (χ3v) is 4.70. The Hall–Kier alpha value is -0.900. The highest BCUT2D eigenvalue weighted by atomic mass is 16.8. The number of ketones is 1. The molecule has 1 spiro atoms. The lowest BCUT2D eigenvalue weighted by Gasteiger charge is -2.58.